The molecule has 1 heterocycles. The van der Waals surface area contributed by atoms with Gasteiger partial charge < -0.3 is 0 Å². The third kappa shape index (κ3) is 0.983. The van der Waals surface area contributed by atoms with E-state index >= 15 is 0 Å². The van der Waals surface area contributed by atoms with Crippen LogP contribution in [0, 0.1) is 0 Å². The fourth-order valence-corrected chi connectivity index (χ4v) is 1.52. The Balaban J connectivity index is 3.06. The molecule has 0 aromatic rings. The van der Waals surface area contributed by atoms with Crippen LogP contribution in [0.25, 0.3) is 0 Å². The van der Waals surface area contributed by atoms with Gasteiger partial charge in [-0.15, -0.1) is 0 Å². The van der Waals surface area contributed by atoms with E-state index in [-0.39, 0.29) is 0 Å². The van der Waals surface area contributed by atoms with Gasteiger partial charge in [0.15, 0.2) is 0 Å². The number of urea groups is 1. The predicted octanol–water partition coefficient (Wildman–Crippen LogP) is 1.73. The minimum absolute atomic E-state index is 0.435. The summed E-state index contributed by atoms with van der Waals surface area (Å²) in [7, 11) is 0. The first-order valence-electron chi connectivity index (χ1n) is 3.45. The Morgan fingerprint density at radius 2 is 1.92 bits per heavy atom. The highest BCUT2D eigenvalue weighted by molar-refractivity contribution is 6.39. The summed E-state index contributed by atoms with van der Waals surface area (Å²) in [6.07, 6.45) is 0.435. The first kappa shape index (κ1) is 9.61. The van der Waals surface area contributed by atoms with Gasteiger partial charge in [0.05, 0.1) is 0 Å². The molecule has 6 heteroatoms. The van der Waals surface area contributed by atoms with Crippen LogP contribution in [0.3, 0.4) is 0 Å². The van der Waals surface area contributed by atoms with Crippen LogP contribution < -0.4 is 0 Å². The SMILES string of the molecule is CC[C@]1(C)C(=O)N(Cl)C(=O)N1Cl. The summed E-state index contributed by atoms with van der Waals surface area (Å²) in [5.74, 6) is -0.480. The van der Waals surface area contributed by atoms with Crippen LogP contribution >= 0.6 is 23.6 Å². The molecule has 4 nitrogen and oxygen atoms in total. The molecule has 1 rings (SSSR count). The quantitative estimate of drug-likeness (QED) is 0.489. The topological polar surface area (TPSA) is 40.6 Å². The molecule has 1 aliphatic rings. The number of hydrogen-bond acceptors (Lipinski definition) is 2. The smallest absolute Gasteiger partial charge is 0.270 e. The molecule has 3 amide bonds. The molecule has 1 aliphatic heterocycles. The molecule has 1 atom stereocenters. The number of amides is 3. The number of hydrogen-bond donors (Lipinski definition) is 0. The molecule has 0 radical (unpaired) electrons. The molecule has 0 saturated carbocycles. The summed E-state index contributed by atoms with van der Waals surface area (Å²) in [5, 5.41) is 0. The van der Waals surface area contributed by atoms with E-state index in [0.29, 0.717) is 10.8 Å². The van der Waals surface area contributed by atoms with Crippen LogP contribution in [0.2, 0.25) is 0 Å². The van der Waals surface area contributed by atoms with Gasteiger partial charge in [0, 0.05) is 23.6 Å². The summed E-state index contributed by atoms with van der Waals surface area (Å²) < 4.78 is 1.35. The van der Waals surface area contributed by atoms with E-state index in [1.165, 1.54) is 0 Å². The van der Waals surface area contributed by atoms with Crippen molar-refractivity contribution in [3.8, 4) is 0 Å². The highest BCUT2D eigenvalue weighted by atomic mass is 35.5. The van der Waals surface area contributed by atoms with Gasteiger partial charge >= 0.3 is 6.03 Å². The number of imide groups is 1. The van der Waals surface area contributed by atoms with Crippen molar-refractivity contribution in [1.82, 2.24) is 8.84 Å². The predicted molar refractivity (Wildman–Crippen MR) is 44.5 cm³/mol. The first-order valence-corrected chi connectivity index (χ1v) is 4.13. The summed E-state index contributed by atoms with van der Waals surface area (Å²) >= 11 is 11.0. The van der Waals surface area contributed by atoms with Gasteiger partial charge in [0.25, 0.3) is 5.91 Å². The average Bonchev–Trinajstić information content (AvgIpc) is 2.22. The van der Waals surface area contributed by atoms with Crippen LogP contribution in [0.4, 0.5) is 4.79 Å². The third-order valence-corrected chi connectivity index (χ3v) is 2.91. The normalized spacial score (nSPS) is 30.3. The fraction of sp³-hybridized carbons (Fsp3) is 0.667. The highest BCUT2D eigenvalue weighted by Gasteiger charge is 2.53. The van der Waals surface area contributed by atoms with Crippen molar-refractivity contribution >= 4 is 35.5 Å². The molecule has 0 aromatic carbocycles. The van der Waals surface area contributed by atoms with Crippen LogP contribution in [0.5, 0.6) is 0 Å². The Labute approximate surface area is 80.2 Å². The molecule has 12 heavy (non-hydrogen) atoms. The van der Waals surface area contributed by atoms with Gasteiger partial charge in [-0.05, 0) is 13.3 Å². The van der Waals surface area contributed by atoms with Crippen LogP contribution in [0.15, 0.2) is 0 Å². The Hall–Kier alpha value is -0.480. The summed E-state index contributed by atoms with van der Waals surface area (Å²) in [4.78, 5) is 22.4. The largest absolute Gasteiger partial charge is 0.357 e. The molecule has 68 valence electrons. The zero-order valence-corrected chi connectivity index (χ0v) is 8.19. The van der Waals surface area contributed by atoms with Gasteiger partial charge in [-0.3, -0.25) is 4.79 Å². The maximum absolute atomic E-state index is 11.3. The van der Waals surface area contributed by atoms with Crippen molar-refractivity contribution < 1.29 is 9.59 Å². The number of carbonyl (C=O) groups is 2. The lowest BCUT2D eigenvalue weighted by atomic mass is 10.00. The maximum Gasteiger partial charge on any atom is 0.357 e. The van der Waals surface area contributed by atoms with Crippen molar-refractivity contribution in [3.05, 3.63) is 0 Å². The first-order chi connectivity index (χ1) is 5.45. The van der Waals surface area contributed by atoms with Crippen molar-refractivity contribution in [2.24, 2.45) is 0 Å². The minimum Gasteiger partial charge on any atom is -0.270 e. The Bertz CT molecular complexity index is 246. The zero-order chi connectivity index (χ0) is 9.52. The number of carbonyl (C=O) groups excluding carboxylic acids is 2. The van der Waals surface area contributed by atoms with Crippen molar-refractivity contribution in [1.29, 1.82) is 0 Å². The third-order valence-electron chi connectivity index (χ3n) is 2.10. The van der Waals surface area contributed by atoms with Gasteiger partial charge in [0.2, 0.25) is 0 Å². The van der Waals surface area contributed by atoms with Gasteiger partial charge in [-0.2, -0.15) is 4.42 Å². The molecular weight excluding hydrogens is 203 g/mol. The lowest BCUT2D eigenvalue weighted by Crippen LogP contribution is -2.41. The van der Waals surface area contributed by atoms with E-state index in [9.17, 15) is 9.59 Å². The molecule has 0 aliphatic carbocycles. The molecule has 0 aromatic heterocycles. The zero-order valence-electron chi connectivity index (χ0n) is 6.67. The highest BCUT2D eigenvalue weighted by Crippen LogP contribution is 2.33. The summed E-state index contributed by atoms with van der Waals surface area (Å²) in [6.45, 7) is 3.33. The molecule has 0 spiro atoms. The van der Waals surface area contributed by atoms with E-state index < -0.39 is 17.5 Å². The minimum atomic E-state index is -1.000. The van der Waals surface area contributed by atoms with Gasteiger partial charge in [0.1, 0.15) is 5.54 Å². The van der Waals surface area contributed by atoms with E-state index in [2.05, 4.69) is 0 Å². The van der Waals surface area contributed by atoms with Crippen molar-refractivity contribution in [2.45, 2.75) is 25.8 Å². The molecular formula is C6H8Cl2N2O2. The van der Waals surface area contributed by atoms with E-state index in [1.54, 1.807) is 13.8 Å². The molecule has 0 N–H and O–H groups in total. The average molecular weight is 211 g/mol. The number of nitrogens with zero attached hydrogens (tertiary/aromatic N) is 2. The monoisotopic (exact) mass is 210 g/mol. The van der Waals surface area contributed by atoms with Crippen LogP contribution in [0.1, 0.15) is 20.3 Å². The molecule has 0 bridgehead atoms. The molecule has 1 saturated heterocycles. The van der Waals surface area contributed by atoms with E-state index in [4.69, 9.17) is 23.6 Å². The molecule has 0 unspecified atom stereocenters. The lowest BCUT2D eigenvalue weighted by Gasteiger charge is -2.23. The Morgan fingerprint density at radius 1 is 1.42 bits per heavy atom. The van der Waals surface area contributed by atoms with Gasteiger partial charge in [-0.25, -0.2) is 9.21 Å². The molecule has 1 fully saturated rings. The van der Waals surface area contributed by atoms with Crippen LogP contribution in [-0.4, -0.2) is 26.3 Å². The van der Waals surface area contributed by atoms with Crippen molar-refractivity contribution in [3.63, 3.8) is 0 Å². The Kier molecular flexibility index (Phi) is 2.23. The van der Waals surface area contributed by atoms with Gasteiger partial charge in [-0.1, -0.05) is 6.92 Å². The fourth-order valence-electron chi connectivity index (χ4n) is 0.961. The Morgan fingerprint density at radius 3 is 2.08 bits per heavy atom. The van der Waals surface area contributed by atoms with Crippen LogP contribution in [-0.2, 0) is 4.79 Å². The summed E-state index contributed by atoms with van der Waals surface area (Å²) in [6, 6.07) is -0.687. The van der Waals surface area contributed by atoms with E-state index in [1.807, 2.05) is 0 Å². The number of rotatable bonds is 1. The standard InChI is InChI=1S/C6H8Cl2N2O2/c1-3-6(2)4(11)9(7)5(12)10(6)8/h3H2,1-2H3/t6-/m1/s1. The second-order valence-electron chi connectivity index (χ2n) is 2.78. The maximum atomic E-state index is 11.3. The van der Waals surface area contributed by atoms with E-state index in [0.717, 1.165) is 4.42 Å². The number of halogens is 2. The summed E-state index contributed by atoms with van der Waals surface area (Å²) in [5.41, 5.74) is -1.000. The lowest BCUT2D eigenvalue weighted by molar-refractivity contribution is -0.128. The van der Waals surface area contributed by atoms with Crippen molar-refractivity contribution in [2.75, 3.05) is 0 Å². The second-order valence-corrected chi connectivity index (χ2v) is 3.45. The second kappa shape index (κ2) is 2.78.